The molecule has 0 aliphatic carbocycles. The highest BCUT2D eigenvalue weighted by atomic mass is 19.4. The smallest absolute Gasteiger partial charge is 0.331 e. The van der Waals surface area contributed by atoms with Gasteiger partial charge in [-0.1, -0.05) is 12.1 Å². The van der Waals surface area contributed by atoms with Crippen LogP contribution in [-0.4, -0.2) is 50.7 Å². The summed E-state index contributed by atoms with van der Waals surface area (Å²) in [5, 5.41) is 9.57. The van der Waals surface area contributed by atoms with Crippen LogP contribution in [0.5, 0.6) is 0 Å². The van der Waals surface area contributed by atoms with Gasteiger partial charge in [-0.15, -0.1) is 0 Å². The number of nitriles is 1. The predicted octanol–water partition coefficient (Wildman–Crippen LogP) is 4.91. The summed E-state index contributed by atoms with van der Waals surface area (Å²) in [6.07, 6.45) is -1.28. The zero-order chi connectivity index (χ0) is 29.6. The molecule has 0 bridgehead atoms. The first-order valence-corrected chi connectivity index (χ1v) is 12.7. The van der Waals surface area contributed by atoms with E-state index in [0.29, 0.717) is 18.7 Å². The SMILES string of the molecule is CC(=O)C1=C(C)N(c2cccc(C(F)(F)F)c2)C(=O)N(C)C1c1ccc(C#N)cc1C(=O)N1CCn2cncc2C1. The van der Waals surface area contributed by atoms with Crippen molar-refractivity contribution in [1.29, 1.82) is 5.26 Å². The lowest BCUT2D eigenvalue weighted by Crippen LogP contribution is -2.49. The van der Waals surface area contributed by atoms with Crippen molar-refractivity contribution >= 4 is 23.4 Å². The fourth-order valence-electron chi connectivity index (χ4n) is 5.44. The van der Waals surface area contributed by atoms with Gasteiger partial charge in [-0.25, -0.2) is 9.78 Å². The molecule has 12 heteroatoms. The van der Waals surface area contributed by atoms with Gasteiger partial charge < -0.3 is 14.4 Å². The summed E-state index contributed by atoms with van der Waals surface area (Å²) in [5.74, 6) is -0.806. The molecule has 2 aliphatic heterocycles. The Kier molecular flexibility index (Phi) is 6.90. The Balaban J connectivity index is 1.63. The van der Waals surface area contributed by atoms with Gasteiger partial charge in [0.25, 0.3) is 5.91 Å². The van der Waals surface area contributed by atoms with Crippen LogP contribution in [0.1, 0.15) is 52.6 Å². The molecule has 3 heterocycles. The molecular weight excluding hydrogens is 537 g/mol. The lowest BCUT2D eigenvalue weighted by atomic mass is 9.87. The molecule has 0 saturated carbocycles. The maximum absolute atomic E-state index is 13.9. The van der Waals surface area contributed by atoms with E-state index in [-0.39, 0.29) is 40.5 Å². The first-order valence-electron chi connectivity index (χ1n) is 12.7. The minimum absolute atomic E-state index is 0.0487. The van der Waals surface area contributed by atoms with E-state index in [2.05, 4.69) is 4.98 Å². The highest BCUT2D eigenvalue weighted by Gasteiger charge is 2.42. The van der Waals surface area contributed by atoms with Gasteiger partial charge in [-0.2, -0.15) is 18.4 Å². The second kappa shape index (κ2) is 10.2. The number of anilines is 1. The van der Waals surface area contributed by atoms with Crippen molar-refractivity contribution in [1.82, 2.24) is 19.4 Å². The molecule has 0 N–H and O–H groups in total. The van der Waals surface area contributed by atoms with E-state index in [1.165, 1.54) is 50.1 Å². The summed E-state index contributed by atoms with van der Waals surface area (Å²) in [5.41, 5.74) is 0.844. The van der Waals surface area contributed by atoms with E-state index >= 15 is 0 Å². The molecule has 2 aliphatic rings. The van der Waals surface area contributed by atoms with Crippen LogP contribution in [-0.2, 0) is 24.1 Å². The van der Waals surface area contributed by atoms with Crippen LogP contribution in [0.4, 0.5) is 23.7 Å². The average molecular weight is 563 g/mol. The fraction of sp³-hybridized carbons (Fsp3) is 0.276. The number of ketones is 1. The molecular formula is C29H25F3N6O3. The number of carbonyl (C=O) groups is 3. The third-order valence-electron chi connectivity index (χ3n) is 7.45. The largest absolute Gasteiger partial charge is 0.416 e. The van der Waals surface area contributed by atoms with E-state index in [1.54, 1.807) is 23.5 Å². The zero-order valence-electron chi connectivity index (χ0n) is 22.4. The Morgan fingerprint density at radius 2 is 1.88 bits per heavy atom. The van der Waals surface area contributed by atoms with E-state index in [4.69, 9.17) is 0 Å². The van der Waals surface area contributed by atoms with Crippen molar-refractivity contribution in [2.45, 2.75) is 39.2 Å². The number of carbonyl (C=O) groups excluding carboxylic acids is 3. The van der Waals surface area contributed by atoms with E-state index in [9.17, 15) is 32.8 Å². The number of urea groups is 1. The van der Waals surface area contributed by atoms with Gasteiger partial charge >= 0.3 is 12.2 Å². The molecule has 2 aromatic carbocycles. The number of imidazole rings is 1. The zero-order valence-corrected chi connectivity index (χ0v) is 22.4. The maximum Gasteiger partial charge on any atom is 0.416 e. The van der Waals surface area contributed by atoms with Crippen LogP contribution in [0.25, 0.3) is 0 Å². The number of allylic oxidation sites excluding steroid dienone is 1. The molecule has 0 radical (unpaired) electrons. The quantitative estimate of drug-likeness (QED) is 0.450. The molecule has 41 heavy (non-hydrogen) atoms. The van der Waals surface area contributed by atoms with Crippen molar-refractivity contribution in [2.24, 2.45) is 0 Å². The van der Waals surface area contributed by atoms with Crippen LogP contribution < -0.4 is 4.90 Å². The number of likely N-dealkylation sites (N-methyl/N-ethyl adjacent to an activating group) is 1. The fourth-order valence-corrected chi connectivity index (χ4v) is 5.44. The number of benzene rings is 2. The number of hydrogen-bond donors (Lipinski definition) is 0. The predicted molar refractivity (Wildman–Crippen MR) is 141 cm³/mol. The molecule has 0 saturated heterocycles. The molecule has 0 spiro atoms. The number of fused-ring (bicyclic) bond motifs is 1. The van der Waals surface area contributed by atoms with Gasteiger partial charge in [0, 0.05) is 43.2 Å². The van der Waals surface area contributed by atoms with Gasteiger partial charge in [-0.05, 0) is 49.7 Å². The molecule has 210 valence electrons. The first-order chi connectivity index (χ1) is 19.4. The van der Waals surface area contributed by atoms with Gasteiger partial charge in [0.1, 0.15) is 0 Å². The number of aromatic nitrogens is 2. The summed E-state index contributed by atoms with van der Waals surface area (Å²) in [6.45, 7) is 3.99. The van der Waals surface area contributed by atoms with Crippen molar-refractivity contribution in [3.63, 3.8) is 0 Å². The van der Waals surface area contributed by atoms with Crippen molar-refractivity contribution < 1.29 is 27.6 Å². The first kappa shape index (κ1) is 27.6. The van der Waals surface area contributed by atoms with Crippen LogP contribution in [0.3, 0.4) is 0 Å². The van der Waals surface area contributed by atoms with Gasteiger partial charge in [0.2, 0.25) is 0 Å². The highest BCUT2D eigenvalue weighted by Crippen LogP contribution is 2.41. The monoisotopic (exact) mass is 562 g/mol. The Labute approximate surface area is 233 Å². The maximum atomic E-state index is 13.9. The summed E-state index contributed by atoms with van der Waals surface area (Å²) in [4.78, 5) is 48.8. The second-order valence-corrected chi connectivity index (χ2v) is 9.95. The molecule has 3 amide bonds. The molecule has 1 unspecified atom stereocenters. The van der Waals surface area contributed by atoms with Gasteiger partial charge in [-0.3, -0.25) is 14.5 Å². The van der Waals surface area contributed by atoms with Crippen molar-refractivity contribution in [2.75, 3.05) is 18.5 Å². The Morgan fingerprint density at radius 3 is 2.56 bits per heavy atom. The molecule has 1 atom stereocenters. The Morgan fingerprint density at radius 1 is 1.12 bits per heavy atom. The number of alkyl halides is 3. The third kappa shape index (κ3) is 4.84. The lowest BCUT2D eigenvalue weighted by molar-refractivity contribution is -0.137. The van der Waals surface area contributed by atoms with E-state index < -0.39 is 29.6 Å². The van der Waals surface area contributed by atoms with Crippen LogP contribution in [0, 0.1) is 11.3 Å². The molecule has 0 fully saturated rings. The van der Waals surface area contributed by atoms with E-state index in [1.807, 2.05) is 10.6 Å². The van der Waals surface area contributed by atoms with Crippen molar-refractivity contribution in [3.05, 3.63) is 94.2 Å². The summed E-state index contributed by atoms with van der Waals surface area (Å²) in [6, 6.07) is 9.12. The summed E-state index contributed by atoms with van der Waals surface area (Å²) in [7, 11) is 1.43. The standard InChI is InChI=1S/C29H25F3N6O3/c1-17-25(18(2)39)26(35(3)28(41)38(17)21-6-4-5-20(12-21)29(30,31)32)23-8-7-19(13-33)11-24(23)27(40)36-9-10-37-16-34-14-22(37)15-36/h4-8,11-12,14,16,26H,9-10,15H2,1-3H3. The number of nitrogens with zero attached hydrogens (tertiary/aromatic N) is 6. The number of hydrogen-bond acceptors (Lipinski definition) is 5. The average Bonchev–Trinajstić information content (AvgIpc) is 3.42. The van der Waals surface area contributed by atoms with Crippen molar-refractivity contribution in [3.8, 4) is 6.07 Å². The van der Waals surface area contributed by atoms with E-state index in [0.717, 1.165) is 22.7 Å². The molecule has 1 aromatic heterocycles. The molecule has 5 rings (SSSR count). The minimum Gasteiger partial charge on any atom is -0.331 e. The lowest BCUT2D eigenvalue weighted by Gasteiger charge is -2.42. The molecule has 3 aromatic rings. The van der Waals surface area contributed by atoms with Gasteiger partial charge in [0.05, 0.1) is 47.5 Å². The topological polar surface area (TPSA) is 103 Å². The summed E-state index contributed by atoms with van der Waals surface area (Å²) >= 11 is 0. The number of halogens is 3. The Bertz CT molecular complexity index is 1650. The molecule has 9 nitrogen and oxygen atoms in total. The van der Waals surface area contributed by atoms with Crippen LogP contribution >= 0.6 is 0 Å². The second-order valence-electron chi connectivity index (χ2n) is 9.95. The summed E-state index contributed by atoms with van der Waals surface area (Å²) < 4.78 is 42.3. The van der Waals surface area contributed by atoms with Crippen LogP contribution in [0.2, 0.25) is 0 Å². The highest BCUT2D eigenvalue weighted by molar-refractivity contribution is 6.06. The number of rotatable bonds is 4. The Hall–Kier alpha value is -4.92. The van der Waals surface area contributed by atoms with Gasteiger partial charge in [0.15, 0.2) is 5.78 Å². The number of amides is 3. The minimum atomic E-state index is -4.63. The number of Topliss-reactive ketones (excluding diaryl/α,β-unsaturated/α-hetero) is 1. The normalized spacial score (nSPS) is 17.4. The van der Waals surface area contributed by atoms with Crippen LogP contribution in [0.15, 0.2) is 66.3 Å². The third-order valence-corrected chi connectivity index (χ3v) is 7.45.